The molecule has 1 aliphatic heterocycles. The summed E-state index contributed by atoms with van der Waals surface area (Å²) in [5.41, 5.74) is 1.03. The second kappa shape index (κ2) is 6.96. The van der Waals surface area contributed by atoms with Crippen LogP contribution in [0.15, 0.2) is 21.9 Å². The van der Waals surface area contributed by atoms with E-state index in [2.05, 4.69) is 21.3 Å². The first-order valence-corrected chi connectivity index (χ1v) is 9.50. The van der Waals surface area contributed by atoms with Crippen LogP contribution in [0.4, 0.5) is 0 Å². The lowest BCUT2D eigenvalue weighted by Gasteiger charge is -2.38. The van der Waals surface area contributed by atoms with Crippen LogP contribution in [0.2, 0.25) is 0 Å². The first-order valence-electron chi connectivity index (χ1n) is 8.62. The highest BCUT2D eigenvalue weighted by molar-refractivity contribution is 7.09. The van der Waals surface area contributed by atoms with Gasteiger partial charge in [0.2, 0.25) is 0 Å². The average Bonchev–Trinajstić information content (AvgIpc) is 3.27. The van der Waals surface area contributed by atoms with Gasteiger partial charge in [-0.1, -0.05) is 0 Å². The molecule has 0 unspecified atom stereocenters. The van der Waals surface area contributed by atoms with Crippen LogP contribution in [0.25, 0.3) is 0 Å². The van der Waals surface area contributed by atoms with Gasteiger partial charge in [-0.25, -0.2) is 4.98 Å². The number of morpholine rings is 1. The molecule has 0 bridgehead atoms. The Hall–Kier alpha value is -1.21. The van der Waals surface area contributed by atoms with Gasteiger partial charge in [-0.15, -0.1) is 11.3 Å². The van der Waals surface area contributed by atoms with Crippen molar-refractivity contribution in [3.63, 3.8) is 0 Å². The number of furan rings is 1. The fourth-order valence-electron chi connectivity index (χ4n) is 3.80. The van der Waals surface area contributed by atoms with Crippen molar-refractivity contribution in [2.75, 3.05) is 13.2 Å². The summed E-state index contributed by atoms with van der Waals surface area (Å²) in [6.45, 7) is 7.17. The minimum absolute atomic E-state index is 0.162. The second-order valence-electron chi connectivity index (χ2n) is 6.67. The topological polar surface area (TPSA) is 47.7 Å². The number of aryl methyl sites for hydroxylation is 2. The van der Waals surface area contributed by atoms with Crippen molar-refractivity contribution < 1.29 is 13.9 Å². The van der Waals surface area contributed by atoms with E-state index < -0.39 is 0 Å². The lowest BCUT2D eigenvalue weighted by molar-refractivity contribution is -0.119. The standard InChI is InChI=1S/C18H24N2O3S/c1-12-3-4-15(23-12)9-20-7-8-21-18-16(20)5-6-17(18)22-10-14-11-24-13(2)19-14/h3-4,11,16-18H,5-10H2,1-2H3/t16-,17+,18+/m0/s1. The van der Waals surface area contributed by atoms with Crippen LogP contribution in [-0.2, 0) is 22.6 Å². The summed E-state index contributed by atoms with van der Waals surface area (Å²) >= 11 is 1.67. The fourth-order valence-corrected chi connectivity index (χ4v) is 4.40. The van der Waals surface area contributed by atoms with E-state index in [9.17, 15) is 0 Å². The zero-order valence-corrected chi connectivity index (χ0v) is 15.1. The monoisotopic (exact) mass is 348 g/mol. The van der Waals surface area contributed by atoms with Crippen LogP contribution >= 0.6 is 11.3 Å². The molecule has 2 aromatic heterocycles. The molecule has 3 atom stereocenters. The SMILES string of the molecule is Cc1ccc(CN2CCO[C@H]3[C@H](OCc4csc(C)n4)CC[C@@H]32)o1. The van der Waals surface area contributed by atoms with Gasteiger partial charge in [-0.3, -0.25) is 4.90 Å². The van der Waals surface area contributed by atoms with Crippen molar-refractivity contribution in [1.82, 2.24) is 9.88 Å². The Morgan fingerprint density at radius 2 is 2.25 bits per heavy atom. The van der Waals surface area contributed by atoms with E-state index in [1.54, 1.807) is 11.3 Å². The van der Waals surface area contributed by atoms with E-state index in [-0.39, 0.29) is 12.2 Å². The Balaban J connectivity index is 1.37. The molecular formula is C18H24N2O3S. The van der Waals surface area contributed by atoms with E-state index >= 15 is 0 Å². The van der Waals surface area contributed by atoms with Gasteiger partial charge in [-0.2, -0.15) is 0 Å². The molecule has 0 N–H and O–H groups in total. The summed E-state index contributed by atoms with van der Waals surface area (Å²) in [5.74, 6) is 2.01. The molecule has 0 spiro atoms. The molecule has 1 aliphatic carbocycles. The summed E-state index contributed by atoms with van der Waals surface area (Å²) in [5, 5.41) is 3.17. The molecule has 3 heterocycles. The van der Waals surface area contributed by atoms with Gasteiger partial charge in [-0.05, 0) is 38.8 Å². The van der Waals surface area contributed by atoms with Gasteiger partial charge in [0, 0.05) is 18.0 Å². The van der Waals surface area contributed by atoms with Crippen molar-refractivity contribution >= 4 is 11.3 Å². The highest BCUT2D eigenvalue weighted by Crippen LogP contribution is 2.33. The lowest BCUT2D eigenvalue weighted by Crippen LogP contribution is -2.51. The Kier molecular flexibility index (Phi) is 4.72. The first kappa shape index (κ1) is 16.3. The minimum atomic E-state index is 0.162. The number of aromatic nitrogens is 1. The molecule has 24 heavy (non-hydrogen) atoms. The maximum Gasteiger partial charge on any atom is 0.118 e. The van der Waals surface area contributed by atoms with Crippen LogP contribution in [0.5, 0.6) is 0 Å². The van der Waals surface area contributed by atoms with E-state index in [1.807, 2.05) is 19.9 Å². The molecule has 1 saturated carbocycles. The third-order valence-corrected chi connectivity index (χ3v) is 5.74. The maximum atomic E-state index is 6.14. The van der Waals surface area contributed by atoms with Gasteiger partial charge >= 0.3 is 0 Å². The van der Waals surface area contributed by atoms with Crippen molar-refractivity contribution in [1.29, 1.82) is 0 Å². The molecule has 2 aromatic rings. The number of thiazole rings is 1. The molecule has 0 radical (unpaired) electrons. The quantitative estimate of drug-likeness (QED) is 0.830. The summed E-state index contributed by atoms with van der Waals surface area (Å²) in [7, 11) is 0. The van der Waals surface area contributed by atoms with Crippen molar-refractivity contribution in [2.45, 2.75) is 58.1 Å². The molecule has 0 amide bonds. The predicted octanol–water partition coefficient (Wildman–Crippen LogP) is 3.30. The zero-order chi connectivity index (χ0) is 16.5. The molecule has 130 valence electrons. The Labute approximate surface area is 146 Å². The van der Waals surface area contributed by atoms with E-state index in [4.69, 9.17) is 13.9 Å². The third kappa shape index (κ3) is 3.42. The lowest BCUT2D eigenvalue weighted by atomic mass is 10.1. The molecule has 4 rings (SSSR count). The maximum absolute atomic E-state index is 6.14. The van der Waals surface area contributed by atoms with Crippen molar-refractivity contribution in [3.8, 4) is 0 Å². The van der Waals surface area contributed by atoms with Crippen molar-refractivity contribution in [3.05, 3.63) is 39.7 Å². The van der Waals surface area contributed by atoms with Gasteiger partial charge in [0.05, 0.1) is 42.7 Å². The predicted molar refractivity (Wildman–Crippen MR) is 92.0 cm³/mol. The van der Waals surface area contributed by atoms with Gasteiger partial charge < -0.3 is 13.9 Å². The number of ether oxygens (including phenoxy) is 2. The molecule has 2 aliphatic rings. The molecule has 6 heteroatoms. The summed E-state index contributed by atoms with van der Waals surface area (Å²) in [6, 6.07) is 4.53. The van der Waals surface area contributed by atoms with Crippen LogP contribution in [0, 0.1) is 13.8 Å². The number of fused-ring (bicyclic) bond motifs is 1. The van der Waals surface area contributed by atoms with Crippen LogP contribution in [-0.4, -0.2) is 41.3 Å². The van der Waals surface area contributed by atoms with E-state index in [1.165, 1.54) is 0 Å². The molecule has 5 nitrogen and oxygen atoms in total. The van der Waals surface area contributed by atoms with Crippen LogP contribution < -0.4 is 0 Å². The van der Waals surface area contributed by atoms with Crippen molar-refractivity contribution in [2.24, 2.45) is 0 Å². The number of nitrogens with zero attached hydrogens (tertiary/aromatic N) is 2. The van der Waals surface area contributed by atoms with E-state index in [0.717, 1.165) is 54.8 Å². The molecule has 1 saturated heterocycles. The Morgan fingerprint density at radius 1 is 1.33 bits per heavy atom. The average molecular weight is 348 g/mol. The summed E-state index contributed by atoms with van der Waals surface area (Å²) in [6.07, 6.45) is 2.49. The largest absolute Gasteiger partial charge is 0.465 e. The number of hydrogen-bond acceptors (Lipinski definition) is 6. The van der Waals surface area contributed by atoms with E-state index in [0.29, 0.717) is 12.6 Å². The minimum Gasteiger partial charge on any atom is -0.465 e. The Morgan fingerprint density at radius 3 is 3.00 bits per heavy atom. The zero-order valence-electron chi connectivity index (χ0n) is 14.2. The summed E-state index contributed by atoms with van der Waals surface area (Å²) in [4.78, 5) is 6.97. The van der Waals surface area contributed by atoms with Crippen LogP contribution in [0.1, 0.15) is 35.1 Å². The van der Waals surface area contributed by atoms with Gasteiger partial charge in [0.1, 0.15) is 11.5 Å². The third-order valence-electron chi connectivity index (χ3n) is 4.92. The highest BCUT2D eigenvalue weighted by Gasteiger charge is 2.43. The van der Waals surface area contributed by atoms with Gasteiger partial charge in [0.25, 0.3) is 0 Å². The Bertz CT molecular complexity index is 683. The molecule has 0 aromatic carbocycles. The summed E-state index contributed by atoms with van der Waals surface area (Å²) < 4.78 is 18.0. The normalized spacial score (nSPS) is 27.5. The number of hydrogen-bond donors (Lipinski definition) is 0. The fraction of sp³-hybridized carbons (Fsp3) is 0.611. The number of rotatable bonds is 5. The second-order valence-corrected chi connectivity index (χ2v) is 7.73. The molecule has 2 fully saturated rings. The smallest absolute Gasteiger partial charge is 0.118 e. The molecular weight excluding hydrogens is 324 g/mol. The highest BCUT2D eigenvalue weighted by atomic mass is 32.1. The first-order chi connectivity index (χ1) is 11.7. The van der Waals surface area contributed by atoms with Gasteiger partial charge in [0.15, 0.2) is 0 Å². The van der Waals surface area contributed by atoms with Crippen LogP contribution in [0.3, 0.4) is 0 Å².